The molecule has 0 aromatic carbocycles. The van der Waals surface area contributed by atoms with Gasteiger partial charge in [0.2, 0.25) is 0 Å². The van der Waals surface area contributed by atoms with Crippen LogP contribution < -0.4 is 0 Å². The zero-order valence-corrected chi connectivity index (χ0v) is 9.27. The van der Waals surface area contributed by atoms with Crippen LogP contribution >= 0.6 is 0 Å². The minimum atomic E-state index is 0.571. The molecule has 0 aliphatic heterocycles. The Morgan fingerprint density at radius 2 is 2.29 bits per heavy atom. The summed E-state index contributed by atoms with van der Waals surface area (Å²) in [5.41, 5.74) is 1.43. The van der Waals surface area contributed by atoms with Crippen LogP contribution in [0.1, 0.15) is 31.4 Å². The Hall–Kier alpha value is -0.830. The van der Waals surface area contributed by atoms with E-state index in [0.717, 1.165) is 12.5 Å². The standard InChI is InChI=1S/C11H19N3/c1-9(13(2)3)7-14-8-12-6-11(14)10-4-5-10/h6,8-10H,4-5,7H2,1-3H3. The Kier molecular flexibility index (Phi) is 2.59. The number of hydrogen-bond acceptors (Lipinski definition) is 2. The van der Waals surface area contributed by atoms with Gasteiger partial charge >= 0.3 is 0 Å². The lowest BCUT2D eigenvalue weighted by Gasteiger charge is -2.21. The molecule has 0 saturated heterocycles. The maximum absolute atomic E-state index is 4.24. The maximum Gasteiger partial charge on any atom is 0.0948 e. The largest absolute Gasteiger partial charge is 0.333 e. The molecule has 0 radical (unpaired) electrons. The maximum atomic E-state index is 4.24. The normalized spacial score (nSPS) is 18.9. The lowest BCUT2D eigenvalue weighted by atomic mass is 10.2. The number of hydrogen-bond donors (Lipinski definition) is 0. The van der Waals surface area contributed by atoms with Crippen LogP contribution in [-0.4, -0.2) is 34.6 Å². The summed E-state index contributed by atoms with van der Waals surface area (Å²) in [5, 5.41) is 0. The van der Waals surface area contributed by atoms with Crippen molar-refractivity contribution in [1.82, 2.24) is 14.5 Å². The summed E-state index contributed by atoms with van der Waals surface area (Å²) in [5.74, 6) is 0.798. The van der Waals surface area contributed by atoms with Crippen LogP contribution in [0, 0.1) is 0 Å². The molecule has 1 saturated carbocycles. The van der Waals surface area contributed by atoms with Crippen molar-refractivity contribution in [2.45, 2.75) is 38.3 Å². The highest BCUT2D eigenvalue weighted by molar-refractivity contribution is 5.12. The van der Waals surface area contributed by atoms with Gasteiger partial charge in [0, 0.05) is 30.4 Å². The molecular weight excluding hydrogens is 174 g/mol. The second-order valence-corrected chi connectivity index (χ2v) is 4.56. The average Bonchev–Trinajstić information content (AvgIpc) is 2.88. The molecule has 14 heavy (non-hydrogen) atoms. The number of aromatic nitrogens is 2. The second kappa shape index (κ2) is 3.73. The predicted molar refractivity (Wildman–Crippen MR) is 57.4 cm³/mol. The summed E-state index contributed by atoms with van der Waals surface area (Å²) in [6.45, 7) is 3.30. The predicted octanol–water partition coefficient (Wildman–Crippen LogP) is 1.71. The zero-order valence-electron chi connectivity index (χ0n) is 9.27. The summed E-state index contributed by atoms with van der Waals surface area (Å²) in [6, 6.07) is 0.571. The van der Waals surface area contributed by atoms with Crippen LogP contribution in [-0.2, 0) is 6.54 Å². The van der Waals surface area contributed by atoms with Crippen molar-refractivity contribution < 1.29 is 0 Å². The van der Waals surface area contributed by atoms with Gasteiger partial charge in [-0.1, -0.05) is 0 Å². The molecule has 1 aliphatic carbocycles. The highest BCUT2D eigenvalue weighted by atomic mass is 15.1. The molecule has 0 amide bonds. The van der Waals surface area contributed by atoms with Crippen LogP contribution in [0.4, 0.5) is 0 Å². The van der Waals surface area contributed by atoms with Gasteiger partial charge < -0.3 is 9.47 Å². The molecule has 1 unspecified atom stereocenters. The number of imidazole rings is 1. The Balaban J connectivity index is 2.04. The number of rotatable bonds is 4. The summed E-state index contributed by atoms with van der Waals surface area (Å²) < 4.78 is 2.31. The first kappa shape index (κ1) is 9.71. The molecule has 1 aliphatic rings. The highest BCUT2D eigenvalue weighted by Crippen LogP contribution is 2.39. The van der Waals surface area contributed by atoms with E-state index in [1.807, 2.05) is 12.5 Å². The van der Waals surface area contributed by atoms with Gasteiger partial charge in [-0.25, -0.2) is 4.98 Å². The van der Waals surface area contributed by atoms with Gasteiger partial charge in [0.25, 0.3) is 0 Å². The van der Waals surface area contributed by atoms with Crippen molar-refractivity contribution in [3.63, 3.8) is 0 Å². The van der Waals surface area contributed by atoms with Crippen molar-refractivity contribution >= 4 is 0 Å². The third kappa shape index (κ3) is 1.98. The molecule has 1 fully saturated rings. The molecule has 3 nitrogen and oxygen atoms in total. The molecule has 1 aromatic heterocycles. The molecule has 78 valence electrons. The van der Waals surface area contributed by atoms with Crippen LogP contribution in [0.3, 0.4) is 0 Å². The Morgan fingerprint density at radius 1 is 1.57 bits per heavy atom. The Bertz CT molecular complexity index is 299. The van der Waals surface area contributed by atoms with E-state index >= 15 is 0 Å². The monoisotopic (exact) mass is 193 g/mol. The zero-order chi connectivity index (χ0) is 10.1. The summed E-state index contributed by atoms with van der Waals surface area (Å²) in [6.07, 6.45) is 6.69. The van der Waals surface area contributed by atoms with Crippen LogP contribution in [0.5, 0.6) is 0 Å². The van der Waals surface area contributed by atoms with Gasteiger partial charge in [-0.15, -0.1) is 0 Å². The third-order valence-electron chi connectivity index (χ3n) is 3.08. The third-order valence-corrected chi connectivity index (χ3v) is 3.08. The first-order valence-electron chi connectivity index (χ1n) is 5.35. The molecule has 0 spiro atoms. The smallest absolute Gasteiger partial charge is 0.0948 e. The SMILES string of the molecule is CC(Cn1cncc1C1CC1)N(C)C. The highest BCUT2D eigenvalue weighted by Gasteiger charge is 2.27. The van der Waals surface area contributed by atoms with E-state index in [2.05, 4.69) is 35.5 Å². The van der Waals surface area contributed by atoms with E-state index in [1.54, 1.807) is 0 Å². The summed E-state index contributed by atoms with van der Waals surface area (Å²) >= 11 is 0. The molecule has 1 aromatic rings. The van der Waals surface area contributed by atoms with Crippen LogP contribution in [0.15, 0.2) is 12.5 Å². The molecular formula is C11H19N3. The first-order chi connectivity index (χ1) is 6.68. The first-order valence-corrected chi connectivity index (χ1v) is 5.35. The van der Waals surface area contributed by atoms with Crippen molar-refractivity contribution in [2.24, 2.45) is 0 Å². The Labute approximate surface area is 85.7 Å². The van der Waals surface area contributed by atoms with Gasteiger partial charge in [0.05, 0.1) is 6.33 Å². The fourth-order valence-electron chi connectivity index (χ4n) is 1.65. The lowest BCUT2D eigenvalue weighted by Crippen LogP contribution is -2.29. The summed E-state index contributed by atoms with van der Waals surface area (Å²) in [4.78, 5) is 6.49. The topological polar surface area (TPSA) is 21.1 Å². The van der Waals surface area contributed by atoms with Crippen molar-refractivity contribution in [3.8, 4) is 0 Å². The molecule has 3 heteroatoms. The Morgan fingerprint density at radius 3 is 2.86 bits per heavy atom. The summed E-state index contributed by atoms with van der Waals surface area (Å²) in [7, 11) is 4.25. The van der Waals surface area contributed by atoms with Crippen molar-refractivity contribution in [1.29, 1.82) is 0 Å². The van der Waals surface area contributed by atoms with Gasteiger partial charge in [-0.3, -0.25) is 0 Å². The number of nitrogens with zero attached hydrogens (tertiary/aromatic N) is 3. The number of likely N-dealkylation sites (N-methyl/N-ethyl adjacent to an activating group) is 1. The van der Waals surface area contributed by atoms with Crippen molar-refractivity contribution in [3.05, 3.63) is 18.2 Å². The van der Waals surface area contributed by atoms with Crippen molar-refractivity contribution in [2.75, 3.05) is 14.1 Å². The van der Waals surface area contributed by atoms with Gasteiger partial charge in [-0.05, 0) is 33.9 Å². The second-order valence-electron chi connectivity index (χ2n) is 4.56. The van der Waals surface area contributed by atoms with Gasteiger partial charge in [-0.2, -0.15) is 0 Å². The lowest BCUT2D eigenvalue weighted by molar-refractivity contribution is 0.282. The minimum Gasteiger partial charge on any atom is -0.333 e. The molecule has 0 N–H and O–H groups in total. The fraction of sp³-hybridized carbons (Fsp3) is 0.727. The average molecular weight is 193 g/mol. The van der Waals surface area contributed by atoms with E-state index in [4.69, 9.17) is 0 Å². The molecule has 1 heterocycles. The van der Waals surface area contributed by atoms with Gasteiger partial charge in [0.1, 0.15) is 0 Å². The van der Waals surface area contributed by atoms with E-state index in [1.165, 1.54) is 18.5 Å². The van der Waals surface area contributed by atoms with E-state index in [9.17, 15) is 0 Å². The van der Waals surface area contributed by atoms with E-state index < -0.39 is 0 Å². The van der Waals surface area contributed by atoms with E-state index in [0.29, 0.717) is 6.04 Å². The van der Waals surface area contributed by atoms with Crippen LogP contribution in [0.25, 0.3) is 0 Å². The molecule has 1 atom stereocenters. The van der Waals surface area contributed by atoms with Gasteiger partial charge in [0.15, 0.2) is 0 Å². The quantitative estimate of drug-likeness (QED) is 0.726. The molecule has 2 rings (SSSR count). The van der Waals surface area contributed by atoms with Crippen LogP contribution in [0.2, 0.25) is 0 Å². The minimum absolute atomic E-state index is 0.571. The fourth-order valence-corrected chi connectivity index (χ4v) is 1.65. The van der Waals surface area contributed by atoms with E-state index in [-0.39, 0.29) is 0 Å². The molecule has 0 bridgehead atoms.